The van der Waals surface area contributed by atoms with Gasteiger partial charge in [0.15, 0.2) is 0 Å². The second-order valence-corrected chi connectivity index (χ2v) is 6.74. The maximum atomic E-state index is 13.3. The van der Waals surface area contributed by atoms with Crippen LogP contribution >= 0.6 is 0 Å². The van der Waals surface area contributed by atoms with Crippen molar-refractivity contribution >= 4 is 10.0 Å². The van der Waals surface area contributed by atoms with Crippen molar-refractivity contribution < 1.29 is 17.9 Å². The van der Waals surface area contributed by atoms with Gasteiger partial charge in [0.25, 0.3) is 0 Å². The third-order valence-electron chi connectivity index (χ3n) is 3.38. The van der Waals surface area contributed by atoms with Crippen LogP contribution in [0, 0.1) is 24.1 Å². The Balaban J connectivity index is 2.16. The first-order valence-corrected chi connectivity index (χ1v) is 8.26. The van der Waals surface area contributed by atoms with Crippen molar-refractivity contribution in [3.8, 4) is 6.07 Å². The molecule has 0 aromatic heterocycles. The molecule has 7 heteroatoms. The quantitative estimate of drug-likeness (QED) is 0.875. The Labute approximate surface area is 134 Å². The van der Waals surface area contributed by atoms with E-state index in [9.17, 15) is 17.9 Å². The Kier molecular flexibility index (Phi) is 5.11. The Bertz CT molecular complexity index is 860. The van der Waals surface area contributed by atoms with Crippen LogP contribution in [0.25, 0.3) is 0 Å². The zero-order valence-electron chi connectivity index (χ0n) is 12.3. The minimum atomic E-state index is -3.95. The van der Waals surface area contributed by atoms with Gasteiger partial charge >= 0.3 is 0 Å². The van der Waals surface area contributed by atoms with Crippen molar-refractivity contribution in [3.05, 3.63) is 65.0 Å². The van der Waals surface area contributed by atoms with Crippen molar-refractivity contribution in [3.63, 3.8) is 0 Å². The van der Waals surface area contributed by atoms with Gasteiger partial charge in [0.1, 0.15) is 11.9 Å². The predicted molar refractivity (Wildman–Crippen MR) is 82.4 cm³/mol. The van der Waals surface area contributed by atoms with Gasteiger partial charge in [0.2, 0.25) is 10.0 Å². The molecule has 0 fully saturated rings. The molecule has 2 aromatic rings. The van der Waals surface area contributed by atoms with E-state index in [1.165, 1.54) is 0 Å². The molecule has 0 heterocycles. The monoisotopic (exact) mass is 334 g/mol. The molecule has 2 rings (SSSR count). The van der Waals surface area contributed by atoms with Gasteiger partial charge < -0.3 is 5.11 Å². The summed E-state index contributed by atoms with van der Waals surface area (Å²) in [6.07, 6.45) is -1.01. The van der Waals surface area contributed by atoms with Gasteiger partial charge in [-0.2, -0.15) is 5.26 Å². The number of nitrogens with zero attached hydrogens (tertiary/aromatic N) is 1. The average Bonchev–Trinajstić information content (AvgIpc) is 2.53. The molecule has 1 unspecified atom stereocenters. The Morgan fingerprint density at radius 2 is 2.00 bits per heavy atom. The molecule has 0 spiro atoms. The molecule has 0 bridgehead atoms. The number of nitrogens with one attached hydrogen (secondary N) is 1. The highest BCUT2D eigenvalue weighted by atomic mass is 32.2. The number of hydrogen-bond acceptors (Lipinski definition) is 4. The number of halogens is 1. The van der Waals surface area contributed by atoms with Crippen LogP contribution in [-0.2, 0) is 10.0 Å². The van der Waals surface area contributed by atoms with Crippen LogP contribution in [0.5, 0.6) is 0 Å². The molecular formula is C16H15FN2O3S. The zero-order chi connectivity index (χ0) is 17.0. The third kappa shape index (κ3) is 3.93. The van der Waals surface area contributed by atoms with Gasteiger partial charge in [-0.1, -0.05) is 24.3 Å². The molecular weight excluding hydrogens is 319 g/mol. The lowest BCUT2D eigenvalue weighted by Gasteiger charge is -2.15. The van der Waals surface area contributed by atoms with Crippen LogP contribution in [0.15, 0.2) is 47.4 Å². The van der Waals surface area contributed by atoms with Crippen molar-refractivity contribution in [2.24, 2.45) is 0 Å². The molecule has 0 aliphatic heterocycles. The smallest absolute Gasteiger partial charge is 0.240 e. The van der Waals surface area contributed by atoms with Crippen molar-refractivity contribution in [1.29, 1.82) is 5.26 Å². The summed E-state index contributed by atoms with van der Waals surface area (Å²) in [4.78, 5) is -0.229. The minimum Gasteiger partial charge on any atom is -0.387 e. The second kappa shape index (κ2) is 6.87. The van der Waals surface area contributed by atoms with Crippen molar-refractivity contribution in [2.75, 3.05) is 6.54 Å². The highest BCUT2D eigenvalue weighted by molar-refractivity contribution is 7.89. The van der Waals surface area contributed by atoms with Crippen molar-refractivity contribution in [2.45, 2.75) is 17.9 Å². The third-order valence-corrected chi connectivity index (χ3v) is 4.80. The average molecular weight is 334 g/mol. The van der Waals surface area contributed by atoms with E-state index in [0.717, 1.165) is 23.8 Å². The lowest BCUT2D eigenvalue weighted by molar-refractivity contribution is 0.181. The minimum absolute atomic E-state index is 0.229. The molecule has 5 nitrogen and oxygen atoms in total. The summed E-state index contributed by atoms with van der Waals surface area (Å²) in [6, 6.07) is 11.6. The molecule has 23 heavy (non-hydrogen) atoms. The number of hydrogen-bond donors (Lipinski definition) is 2. The fraction of sp³-hybridized carbons (Fsp3) is 0.188. The molecule has 2 aromatic carbocycles. The van der Waals surface area contributed by atoms with E-state index in [0.29, 0.717) is 5.56 Å². The lowest BCUT2D eigenvalue weighted by Crippen LogP contribution is -2.29. The second-order valence-electron chi connectivity index (χ2n) is 4.98. The zero-order valence-corrected chi connectivity index (χ0v) is 13.1. The summed E-state index contributed by atoms with van der Waals surface area (Å²) in [5, 5.41) is 18.9. The number of aliphatic hydroxyl groups excluding tert-OH is 1. The Hall–Kier alpha value is -2.27. The maximum absolute atomic E-state index is 13.3. The standard InChI is InChI=1S/C16H15FN2O3S/c1-11-4-2-3-5-14(11)16(20)10-19-23(21,22)13-6-7-15(17)12(8-13)9-18/h2-8,16,19-20H,10H2,1H3. The molecule has 2 N–H and O–H groups in total. The van der Waals surface area contributed by atoms with Crippen molar-refractivity contribution in [1.82, 2.24) is 4.72 Å². The molecule has 0 amide bonds. The molecule has 0 saturated heterocycles. The largest absolute Gasteiger partial charge is 0.387 e. The van der Waals surface area contributed by atoms with E-state index in [4.69, 9.17) is 5.26 Å². The Morgan fingerprint density at radius 3 is 2.65 bits per heavy atom. The first kappa shape index (κ1) is 17.1. The number of benzene rings is 2. The van der Waals surface area contributed by atoms with Crippen LogP contribution in [-0.4, -0.2) is 20.1 Å². The topological polar surface area (TPSA) is 90.2 Å². The first-order valence-electron chi connectivity index (χ1n) is 6.78. The van der Waals surface area contributed by atoms with Crippen LogP contribution in [0.3, 0.4) is 0 Å². The normalized spacial score (nSPS) is 12.6. The van der Waals surface area contributed by atoms with E-state index in [1.807, 2.05) is 19.1 Å². The molecule has 120 valence electrons. The van der Waals surface area contributed by atoms with Gasteiger partial charge in [-0.25, -0.2) is 17.5 Å². The fourth-order valence-corrected chi connectivity index (χ4v) is 3.16. The molecule has 0 radical (unpaired) electrons. The van der Waals surface area contributed by atoms with Gasteiger partial charge in [-0.15, -0.1) is 0 Å². The van der Waals surface area contributed by atoms with E-state index >= 15 is 0 Å². The van der Waals surface area contributed by atoms with Crippen LogP contribution in [0.2, 0.25) is 0 Å². The predicted octanol–water partition coefficient (Wildman–Crippen LogP) is 2.02. The van der Waals surface area contributed by atoms with Crippen LogP contribution < -0.4 is 4.72 Å². The SMILES string of the molecule is Cc1ccccc1C(O)CNS(=O)(=O)c1ccc(F)c(C#N)c1. The Morgan fingerprint density at radius 1 is 1.30 bits per heavy atom. The number of nitriles is 1. The summed E-state index contributed by atoms with van der Waals surface area (Å²) < 4.78 is 39.9. The number of sulfonamides is 1. The van der Waals surface area contributed by atoms with Gasteiger partial charge in [0, 0.05) is 6.54 Å². The van der Waals surface area contributed by atoms with Gasteiger partial charge in [0.05, 0.1) is 16.6 Å². The highest BCUT2D eigenvalue weighted by Gasteiger charge is 2.19. The summed E-state index contributed by atoms with van der Waals surface area (Å²) in [7, 11) is -3.95. The fourth-order valence-electron chi connectivity index (χ4n) is 2.10. The summed E-state index contributed by atoms with van der Waals surface area (Å²) in [6.45, 7) is 1.58. The summed E-state index contributed by atoms with van der Waals surface area (Å²) in [5.41, 5.74) is 1.10. The van der Waals surface area contributed by atoms with Crippen LogP contribution in [0.1, 0.15) is 22.8 Å². The van der Waals surface area contributed by atoms with Crippen LogP contribution in [0.4, 0.5) is 4.39 Å². The number of aliphatic hydroxyl groups is 1. The molecule has 0 aliphatic rings. The molecule has 0 saturated carbocycles. The first-order chi connectivity index (χ1) is 10.8. The van der Waals surface area contributed by atoms with E-state index in [-0.39, 0.29) is 17.0 Å². The van der Waals surface area contributed by atoms with E-state index < -0.39 is 21.9 Å². The maximum Gasteiger partial charge on any atom is 0.240 e. The summed E-state index contributed by atoms with van der Waals surface area (Å²) in [5.74, 6) is -0.786. The van der Waals surface area contributed by atoms with Gasteiger partial charge in [-0.05, 0) is 36.2 Å². The number of aryl methyl sites for hydroxylation is 1. The molecule has 0 aliphatic carbocycles. The van der Waals surface area contributed by atoms with E-state index in [2.05, 4.69) is 4.72 Å². The lowest BCUT2D eigenvalue weighted by atomic mass is 10.0. The number of rotatable bonds is 5. The highest BCUT2D eigenvalue weighted by Crippen LogP contribution is 2.18. The van der Waals surface area contributed by atoms with Gasteiger partial charge in [-0.3, -0.25) is 0 Å². The molecule has 1 atom stereocenters. The van der Waals surface area contributed by atoms with E-state index in [1.54, 1.807) is 18.2 Å². The summed E-state index contributed by atoms with van der Waals surface area (Å²) >= 11 is 0.